The van der Waals surface area contributed by atoms with Gasteiger partial charge in [0.05, 0.1) is 0 Å². The maximum atomic E-state index is 10.0. The molecular formula is C8H6N2O. The Kier molecular flexibility index (Phi) is 2.34. The summed E-state index contributed by atoms with van der Waals surface area (Å²) in [5.41, 5.74) is 1.21. The van der Waals surface area contributed by atoms with Crippen molar-refractivity contribution >= 4 is 6.29 Å². The molecule has 0 aliphatic carbocycles. The highest BCUT2D eigenvalue weighted by molar-refractivity contribution is 5.54. The molecular weight excluding hydrogens is 140 g/mol. The van der Waals surface area contributed by atoms with Crippen LogP contribution in [0.4, 0.5) is 0 Å². The molecule has 0 N–H and O–H groups in total. The van der Waals surface area contributed by atoms with Gasteiger partial charge in [-0.1, -0.05) is 6.07 Å². The second kappa shape index (κ2) is 3.47. The maximum Gasteiger partial charge on any atom is 0.140 e. The molecule has 1 aromatic rings. The molecule has 1 aromatic heterocycles. The van der Waals surface area contributed by atoms with E-state index in [-0.39, 0.29) is 0 Å². The Labute approximate surface area is 64.3 Å². The first-order valence-electron chi connectivity index (χ1n) is 3.15. The van der Waals surface area contributed by atoms with Gasteiger partial charge >= 0.3 is 0 Å². The molecule has 54 valence electrons. The van der Waals surface area contributed by atoms with Gasteiger partial charge in [0.25, 0.3) is 0 Å². The van der Waals surface area contributed by atoms with E-state index in [1.807, 2.05) is 6.07 Å². The average molecular weight is 146 g/mol. The Hall–Kier alpha value is -1.69. The summed E-state index contributed by atoms with van der Waals surface area (Å²) in [5, 5.41) is 8.38. The first-order chi connectivity index (χ1) is 5.36. The standard InChI is InChI=1S/C8H6N2O/c9-5-8-2-1-7(3-4-11)6-10-8/h1-2,4,6H,3H2. The van der Waals surface area contributed by atoms with Crippen molar-refractivity contribution in [2.75, 3.05) is 0 Å². The highest BCUT2D eigenvalue weighted by Gasteiger charge is 1.92. The van der Waals surface area contributed by atoms with Gasteiger partial charge in [0, 0.05) is 12.6 Å². The van der Waals surface area contributed by atoms with Crippen molar-refractivity contribution in [2.24, 2.45) is 0 Å². The Balaban J connectivity index is 2.84. The van der Waals surface area contributed by atoms with Crippen LogP contribution in [-0.2, 0) is 11.2 Å². The van der Waals surface area contributed by atoms with Crippen molar-refractivity contribution in [3.8, 4) is 6.07 Å². The minimum Gasteiger partial charge on any atom is -0.303 e. The topological polar surface area (TPSA) is 53.8 Å². The number of aromatic nitrogens is 1. The van der Waals surface area contributed by atoms with Crippen molar-refractivity contribution in [1.29, 1.82) is 5.26 Å². The number of carbonyl (C=O) groups excluding carboxylic acids is 1. The molecule has 11 heavy (non-hydrogen) atoms. The summed E-state index contributed by atoms with van der Waals surface area (Å²) < 4.78 is 0. The van der Waals surface area contributed by atoms with Crippen molar-refractivity contribution in [3.05, 3.63) is 29.6 Å². The fraction of sp³-hybridized carbons (Fsp3) is 0.125. The lowest BCUT2D eigenvalue weighted by molar-refractivity contribution is -0.107. The van der Waals surface area contributed by atoms with Gasteiger partial charge < -0.3 is 4.79 Å². The number of aldehydes is 1. The molecule has 0 aliphatic heterocycles. The molecule has 0 amide bonds. The summed E-state index contributed by atoms with van der Waals surface area (Å²) in [6.07, 6.45) is 2.70. The van der Waals surface area contributed by atoms with Crippen molar-refractivity contribution in [1.82, 2.24) is 4.98 Å². The number of pyridine rings is 1. The minimum atomic E-state index is 0.360. The Morgan fingerprint density at radius 2 is 2.45 bits per heavy atom. The van der Waals surface area contributed by atoms with Crippen LogP contribution in [0.3, 0.4) is 0 Å². The highest BCUT2D eigenvalue weighted by Crippen LogP contribution is 1.98. The maximum absolute atomic E-state index is 10.0. The zero-order chi connectivity index (χ0) is 8.10. The number of hydrogen-bond donors (Lipinski definition) is 0. The van der Waals surface area contributed by atoms with Crippen LogP contribution in [0.5, 0.6) is 0 Å². The molecule has 0 spiro atoms. The third-order valence-electron chi connectivity index (χ3n) is 1.26. The van der Waals surface area contributed by atoms with Crippen molar-refractivity contribution in [3.63, 3.8) is 0 Å². The number of carbonyl (C=O) groups is 1. The van der Waals surface area contributed by atoms with E-state index in [1.165, 1.54) is 6.20 Å². The van der Waals surface area contributed by atoms with Crippen molar-refractivity contribution < 1.29 is 4.79 Å². The molecule has 0 saturated heterocycles. The fourth-order valence-electron chi connectivity index (χ4n) is 0.708. The predicted octanol–water partition coefficient (Wildman–Crippen LogP) is 0.695. The van der Waals surface area contributed by atoms with Gasteiger partial charge in [-0.3, -0.25) is 0 Å². The summed E-state index contributed by atoms with van der Waals surface area (Å²) in [5.74, 6) is 0. The zero-order valence-electron chi connectivity index (χ0n) is 5.82. The number of nitriles is 1. The van der Waals surface area contributed by atoms with E-state index in [1.54, 1.807) is 12.1 Å². The van der Waals surface area contributed by atoms with Gasteiger partial charge in [-0.05, 0) is 11.6 Å². The van der Waals surface area contributed by atoms with Gasteiger partial charge in [0.2, 0.25) is 0 Å². The van der Waals surface area contributed by atoms with E-state index in [0.717, 1.165) is 11.8 Å². The van der Waals surface area contributed by atoms with E-state index < -0.39 is 0 Å². The number of nitrogens with zero attached hydrogens (tertiary/aromatic N) is 2. The second-order valence-corrected chi connectivity index (χ2v) is 2.03. The molecule has 1 heterocycles. The summed E-state index contributed by atoms with van der Waals surface area (Å²) in [6, 6.07) is 5.22. The number of rotatable bonds is 2. The first kappa shape index (κ1) is 7.42. The lowest BCUT2D eigenvalue weighted by Crippen LogP contribution is -1.88. The van der Waals surface area contributed by atoms with Crippen molar-refractivity contribution in [2.45, 2.75) is 6.42 Å². The molecule has 0 radical (unpaired) electrons. The van der Waals surface area contributed by atoms with Crippen LogP contribution in [0.15, 0.2) is 18.3 Å². The molecule has 0 unspecified atom stereocenters. The van der Waals surface area contributed by atoms with Gasteiger partial charge in [-0.2, -0.15) is 5.26 Å². The van der Waals surface area contributed by atoms with Gasteiger partial charge in [-0.25, -0.2) is 4.98 Å². The summed E-state index contributed by atoms with van der Waals surface area (Å²) in [4.78, 5) is 13.8. The Morgan fingerprint density at radius 3 is 2.91 bits per heavy atom. The average Bonchev–Trinajstić information content (AvgIpc) is 2.07. The normalized spacial score (nSPS) is 8.64. The van der Waals surface area contributed by atoms with E-state index in [2.05, 4.69) is 4.98 Å². The monoisotopic (exact) mass is 146 g/mol. The smallest absolute Gasteiger partial charge is 0.140 e. The molecule has 3 nitrogen and oxygen atoms in total. The molecule has 0 aliphatic rings. The number of hydrogen-bond acceptors (Lipinski definition) is 3. The second-order valence-electron chi connectivity index (χ2n) is 2.03. The lowest BCUT2D eigenvalue weighted by atomic mass is 10.2. The Bertz CT molecular complexity index is 284. The van der Waals surface area contributed by atoms with E-state index in [0.29, 0.717) is 12.1 Å². The zero-order valence-corrected chi connectivity index (χ0v) is 5.82. The molecule has 0 bridgehead atoms. The Morgan fingerprint density at radius 1 is 1.64 bits per heavy atom. The molecule has 0 fully saturated rings. The first-order valence-corrected chi connectivity index (χ1v) is 3.15. The molecule has 0 aromatic carbocycles. The van der Waals surface area contributed by atoms with Crippen LogP contribution in [0.25, 0.3) is 0 Å². The molecule has 3 heteroatoms. The minimum absolute atomic E-state index is 0.360. The third-order valence-corrected chi connectivity index (χ3v) is 1.26. The predicted molar refractivity (Wildman–Crippen MR) is 38.7 cm³/mol. The molecule has 0 saturated carbocycles. The summed E-state index contributed by atoms with van der Waals surface area (Å²) >= 11 is 0. The van der Waals surface area contributed by atoms with Gasteiger partial charge in [-0.15, -0.1) is 0 Å². The molecule has 0 atom stereocenters. The quantitative estimate of drug-likeness (QED) is 0.577. The van der Waals surface area contributed by atoms with Gasteiger partial charge in [0.1, 0.15) is 18.0 Å². The SMILES string of the molecule is N#Cc1ccc(CC=O)cn1. The summed E-state index contributed by atoms with van der Waals surface area (Å²) in [7, 11) is 0. The third kappa shape index (κ3) is 1.87. The van der Waals surface area contributed by atoms with Crippen LogP contribution >= 0.6 is 0 Å². The van der Waals surface area contributed by atoms with Crippen LogP contribution in [0, 0.1) is 11.3 Å². The van der Waals surface area contributed by atoms with E-state index in [4.69, 9.17) is 5.26 Å². The fourth-order valence-corrected chi connectivity index (χ4v) is 0.708. The van der Waals surface area contributed by atoms with Gasteiger partial charge in [0.15, 0.2) is 0 Å². The van der Waals surface area contributed by atoms with E-state index in [9.17, 15) is 4.79 Å². The van der Waals surface area contributed by atoms with E-state index >= 15 is 0 Å². The highest BCUT2D eigenvalue weighted by atomic mass is 16.1. The van der Waals surface area contributed by atoms with Crippen LogP contribution in [0.2, 0.25) is 0 Å². The van der Waals surface area contributed by atoms with Crippen LogP contribution in [0.1, 0.15) is 11.3 Å². The molecule has 1 rings (SSSR count). The summed E-state index contributed by atoms with van der Waals surface area (Å²) in [6.45, 7) is 0. The van der Waals surface area contributed by atoms with Crippen LogP contribution < -0.4 is 0 Å². The largest absolute Gasteiger partial charge is 0.303 e. The lowest BCUT2D eigenvalue weighted by Gasteiger charge is -1.91. The van der Waals surface area contributed by atoms with Crippen LogP contribution in [-0.4, -0.2) is 11.3 Å².